The number of carbonyl (C=O) groups excluding carboxylic acids is 3. The number of urea groups is 2. The van der Waals surface area contributed by atoms with E-state index in [0.717, 1.165) is 42.7 Å². The summed E-state index contributed by atoms with van der Waals surface area (Å²) in [6, 6.07) is 7.38. The van der Waals surface area contributed by atoms with Crippen LogP contribution in [0.25, 0.3) is 0 Å². The second-order valence-electron chi connectivity index (χ2n) is 14.1. The van der Waals surface area contributed by atoms with Crippen molar-refractivity contribution in [2.24, 2.45) is 0 Å². The van der Waals surface area contributed by atoms with Crippen molar-refractivity contribution >= 4 is 29.7 Å². The van der Waals surface area contributed by atoms with E-state index in [2.05, 4.69) is 41.8 Å². The van der Waals surface area contributed by atoms with Crippen molar-refractivity contribution in [1.29, 1.82) is 0 Å². The van der Waals surface area contributed by atoms with Crippen LogP contribution >= 0.6 is 11.8 Å². The van der Waals surface area contributed by atoms with Crippen LogP contribution in [0.15, 0.2) is 30.5 Å². The number of benzene rings is 1. The molecule has 3 heterocycles. The summed E-state index contributed by atoms with van der Waals surface area (Å²) < 4.78 is 29.5. The lowest BCUT2D eigenvalue weighted by Crippen LogP contribution is -2.45. The molecule has 2 aromatic rings. The van der Waals surface area contributed by atoms with Gasteiger partial charge in [-0.2, -0.15) is 11.8 Å². The Labute approximate surface area is 340 Å². The summed E-state index contributed by atoms with van der Waals surface area (Å²) in [5.41, 5.74) is 1.87. The Bertz CT molecular complexity index is 1440. The summed E-state index contributed by atoms with van der Waals surface area (Å²) in [5.74, 6) is 1.23. The standard InChI is InChI=1S/C38H63N9O9S/c1-46(2)31(25-29-7-9-32(48)10-8-29)26-41-37(50)40-12-11-30-27-47(45-44-30)14-16-53-18-20-55-22-24-56-23-21-54-19-17-52-15-13-39-35(49)6-4-3-5-34-36-33(28-57-34)42-38(51)43-36/h7-10,27,31,33-34,36,48H,3-6,11-26,28H2,1-2H3,(H,39,49)(H2,40,41,50)(H2,42,43,51)/t31?,33-,34-,36-/m0/s1. The lowest BCUT2D eigenvalue weighted by atomic mass is 10.0. The highest BCUT2D eigenvalue weighted by Crippen LogP contribution is 2.33. The summed E-state index contributed by atoms with van der Waals surface area (Å²) in [6.45, 7) is 6.54. The molecule has 0 radical (unpaired) electrons. The lowest BCUT2D eigenvalue weighted by Gasteiger charge is -2.25. The molecule has 5 amide bonds. The first-order valence-corrected chi connectivity index (χ1v) is 21.0. The van der Waals surface area contributed by atoms with Crippen LogP contribution in [0.2, 0.25) is 0 Å². The average Bonchev–Trinajstić information content (AvgIpc) is 3.91. The van der Waals surface area contributed by atoms with E-state index in [4.69, 9.17) is 23.7 Å². The molecule has 2 aliphatic rings. The number of aromatic nitrogens is 3. The number of fused-ring (bicyclic) bond motifs is 1. The van der Waals surface area contributed by atoms with Gasteiger partial charge in [-0.1, -0.05) is 23.8 Å². The van der Waals surface area contributed by atoms with Crippen molar-refractivity contribution in [2.75, 3.05) is 106 Å². The smallest absolute Gasteiger partial charge is 0.315 e. The van der Waals surface area contributed by atoms with Gasteiger partial charge in [0.1, 0.15) is 5.75 Å². The van der Waals surface area contributed by atoms with Crippen LogP contribution in [0, 0.1) is 0 Å². The first-order valence-electron chi connectivity index (χ1n) is 20.0. The minimum absolute atomic E-state index is 0.0368. The van der Waals surface area contributed by atoms with Gasteiger partial charge < -0.3 is 60.3 Å². The number of likely N-dealkylation sites (N-methyl/N-ethyl adjacent to an activating group) is 1. The first kappa shape index (κ1) is 46.0. The molecule has 4 rings (SSSR count). The number of phenolic OH excluding ortho intramolecular Hbond substituents is 1. The van der Waals surface area contributed by atoms with Crippen LogP contribution in [0.4, 0.5) is 9.59 Å². The monoisotopic (exact) mass is 821 g/mol. The quantitative estimate of drug-likeness (QED) is 0.0463. The van der Waals surface area contributed by atoms with Gasteiger partial charge in [0, 0.05) is 55.7 Å². The SMILES string of the molecule is CN(C)C(CNC(=O)NCCc1cn(CCOCCOCCOCCOCCOCCNC(=O)CCCC[C@@H]2SC[C@@H]3NC(=O)N[C@@H]32)nn1)Cc1ccc(O)cc1. The molecule has 4 atom stereocenters. The van der Waals surface area contributed by atoms with Crippen molar-refractivity contribution in [1.82, 2.24) is 46.5 Å². The van der Waals surface area contributed by atoms with Crippen molar-refractivity contribution in [3.05, 3.63) is 41.7 Å². The topological polar surface area (TPSA) is 212 Å². The largest absolute Gasteiger partial charge is 0.508 e. The molecule has 18 nitrogen and oxygen atoms in total. The normalized spacial score (nSPS) is 17.9. The fraction of sp³-hybridized carbons (Fsp3) is 0.711. The van der Waals surface area contributed by atoms with Crippen molar-refractivity contribution in [3.8, 4) is 5.75 Å². The molecule has 0 spiro atoms. The number of unbranched alkanes of at least 4 members (excludes halogenated alkanes) is 1. The number of ether oxygens (including phenoxy) is 5. The van der Waals surface area contributed by atoms with Crippen LogP contribution in [0.1, 0.15) is 36.9 Å². The Hall–Kier alpha value is -3.72. The highest BCUT2D eigenvalue weighted by molar-refractivity contribution is 8.00. The van der Waals surface area contributed by atoms with Crippen LogP contribution in [0.3, 0.4) is 0 Å². The molecule has 19 heteroatoms. The summed E-state index contributed by atoms with van der Waals surface area (Å²) >= 11 is 1.90. The second kappa shape index (κ2) is 27.1. The molecule has 2 saturated heterocycles. The maximum atomic E-state index is 12.4. The molecular weight excluding hydrogens is 759 g/mol. The Morgan fingerprint density at radius 3 is 2.25 bits per heavy atom. The van der Waals surface area contributed by atoms with E-state index >= 15 is 0 Å². The summed E-state index contributed by atoms with van der Waals surface area (Å²) in [5, 5.41) is 32.9. The maximum absolute atomic E-state index is 12.4. The molecule has 0 saturated carbocycles. The van der Waals surface area contributed by atoms with Crippen LogP contribution in [-0.2, 0) is 47.9 Å². The van der Waals surface area contributed by atoms with Gasteiger partial charge in [0.2, 0.25) is 5.91 Å². The molecule has 1 aromatic heterocycles. The van der Waals surface area contributed by atoms with Gasteiger partial charge in [-0.25, -0.2) is 14.3 Å². The van der Waals surface area contributed by atoms with Gasteiger partial charge in [0.25, 0.3) is 0 Å². The fourth-order valence-electron chi connectivity index (χ4n) is 6.25. The predicted octanol–water partition coefficient (Wildman–Crippen LogP) is 0.923. The van der Waals surface area contributed by atoms with Crippen LogP contribution in [-0.4, -0.2) is 172 Å². The third kappa shape index (κ3) is 19.1. The van der Waals surface area contributed by atoms with Crippen molar-refractivity contribution < 1.29 is 43.2 Å². The summed E-state index contributed by atoms with van der Waals surface area (Å²) in [4.78, 5) is 38.0. The molecule has 6 N–H and O–H groups in total. The Kier molecular flexibility index (Phi) is 21.8. The van der Waals surface area contributed by atoms with Gasteiger partial charge in [0.05, 0.1) is 90.4 Å². The van der Waals surface area contributed by atoms with Crippen LogP contribution in [0.5, 0.6) is 5.75 Å². The van der Waals surface area contributed by atoms with E-state index in [-0.39, 0.29) is 41.8 Å². The van der Waals surface area contributed by atoms with Gasteiger partial charge in [-0.15, -0.1) is 5.10 Å². The van der Waals surface area contributed by atoms with Gasteiger partial charge in [-0.3, -0.25) is 4.79 Å². The number of amides is 5. The number of nitrogens with one attached hydrogen (secondary N) is 5. The highest BCUT2D eigenvalue weighted by atomic mass is 32.2. The van der Waals surface area contributed by atoms with Gasteiger partial charge in [0.15, 0.2) is 0 Å². The molecule has 0 aliphatic carbocycles. The van der Waals surface area contributed by atoms with Crippen molar-refractivity contribution in [2.45, 2.75) is 68.4 Å². The number of hydrogen-bond acceptors (Lipinski definition) is 13. The molecule has 320 valence electrons. The van der Waals surface area contributed by atoms with E-state index in [1.165, 1.54) is 0 Å². The number of hydrogen-bond donors (Lipinski definition) is 6. The van der Waals surface area contributed by atoms with Gasteiger partial charge >= 0.3 is 12.1 Å². The molecule has 1 unspecified atom stereocenters. The number of aromatic hydroxyl groups is 1. The number of nitrogens with zero attached hydrogens (tertiary/aromatic N) is 4. The van der Waals surface area contributed by atoms with E-state index in [0.29, 0.717) is 110 Å². The maximum Gasteiger partial charge on any atom is 0.315 e. The molecule has 2 aliphatic heterocycles. The van der Waals surface area contributed by atoms with E-state index in [1.807, 2.05) is 44.2 Å². The number of thioether (sulfide) groups is 1. The number of rotatable bonds is 31. The summed E-state index contributed by atoms with van der Waals surface area (Å²) in [7, 11) is 3.95. The molecule has 1 aromatic carbocycles. The zero-order valence-electron chi connectivity index (χ0n) is 33.5. The van der Waals surface area contributed by atoms with E-state index in [1.54, 1.807) is 16.8 Å². The third-order valence-corrected chi connectivity index (χ3v) is 11.0. The predicted molar refractivity (Wildman–Crippen MR) is 215 cm³/mol. The second-order valence-corrected chi connectivity index (χ2v) is 15.4. The Balaban J connectivity index is 0.849. The highest BCUT2D eigenvalue weighted by Gasteiger charge is 2.42. The fourth-order valence-corrected chi connectivity index (χ4v) is 7.79. The first-order chi connectivity index (χ1) is 27.8. The van der Waals surface area contributed by atoms with Crippen LogP contribution < -0.4 is 26.6 Å². The van der Waals surface area contributed by atoms with E-state index < -0.39 is 0 Å². The zero-order chi connectivity index (χ0) is 40.5. The molecule has 2 fully saturated rings. The minimum atomic E-state index is -0.235. The minimum Gasteiger partial charge on any atom is -0.508 e. The summed E-state index contributed by atoms with van der Waals surface area (Å²) in [6.07, 6.45) is 6.47. The third-order valence-electron chi connectivity index (χ3n) is 9.49. The Morgan fingerprint density at radius 1 is 0.895 bits per heavy atom. The molecular formula is C38H63N9O9S. The zero-order valence-corrected chi connectivity index (χ0v) is 34.3. The van der Waals surface area contributed by atoms with Gasteiger partial charge in [-0.05, 0) is 51.1 Å². The van der Waals surface area contributed by atoms with E-state index in [9.17, 15) is 19.5 Å². The molecule has 57 heavy (non-hydrogen) atoms. The molecule has 0 bridgehead atoms. The van der Waals surface area contributed by atoms with Crippen molar-refractivity contribution in [3.63, 3.8) is 0 Å². The average molecular weight is 822 g/mol. The Morgan fingerprint density at radius 2 is 1.56 bits per heavy atom. The lowest BCUT2D eigenvalue weighted by molar-refractivity contribution is -0.121. The number of carbonyl (C=O) groups is 3. The number of phenols is 1.